The van der Waals surface area contributed by atoms with Gasteiger partial charge in [-0.25, -0.2) is 15.1 Å². The van der Waals surface area contributed by atoms with Crippen LogP contribution in [-0.4, -0.2) is 33.0 Å². The molecule has 0 spiro atoms. The van der Waals surface area contributed by atoms with Crippen molar-refractivity contribution in [2.24, 2.45) is 0 Å². The molecule has 178 valence electrons. The molecule has 2 heterocycles. The number of allylic oxidation sites excluding steroid dienone is 1. The highest BCUT2D eigenvalue weighted by Gasteiger charge is 2.13. The second kappa shape index (κ2) is 12.4. The van der Waals surface area contributed by atoms with E-state index in [1.807, 2.05) is 60.0 Å². The maximum absolute atomic E-state index is 12.1. The maximum atomic E-state index is 12.1. The molecule has 0 aliphatic heterocycles. The Hall–Kier alpha value is -4.08. The molecule has 0 aliphatic rings. The minimum absolute atomic E-state index is 0.0716. The molecule has 0 aliphatic carbocycles. The first-order valence-electron chi connectivity index (χ1n) is 11.0. The molecule has 2 aromatic carbocycles. The van der Waals surface area contributed by atoms with Crippen molar-refractivity contribution in [2.75, 3.05) is 7.11 Å². The largest absolute Gasteiger partial charge is 0.497 e. The third-order valence-electron chi connectivity index (χ3n) is 5.02. The molecule has 4 aromatic rings. The Labute approximate surface area is 207 Å². The molecular weight excluding hydrogens is 462 g/mol. The Morgan fingerprint density at radius 3 is 2.71 bits per heavy atom. The smallest absolute Gasteiger partial charge is 0.267 e. The molecule has 1 amide bonds. The third-order valence-corrected chi connectivity index (χ3v) is 5.82. The van der Waals surface area contributed by atoms with Crippen LogP contribution in [0.25, 0.3) is 12.2 Å². The number of nitrogens with one attached hydrogen (secondary N) is 1. The number of benzene rings is 2. The zero-order chi connectivity index (χ0) is 24.3. The van der Waals surface area contributed by atoms with Crippen LogP contribution in [0, 0.1) is 0 Å². The van der Waals surface area contributed by atoms with Crippen LogP contribution in [0.4, 0.5) is 0 Å². The minimum atomic E-state index is -0.392. The monoisotopic (exact) mass is 487 g/mol. The Morgan fingerprint density at radius 1 is 1.14 bits per heavy atom. The lowest BCUT2D eigenvalue weighted by atomic mass is 10.1. The van der Waals surface area contributed by atoms with E-state index in [9.17, 15) is 4.79 Å². The first-order valence-corrected chi connectivity index (χ1v) is 11.8. The number of carbonyl (C=O) groups is 1. The number of ether oxygens (including phenoxy) is 1. The van der Waals surface area contributed by atoms with Crippen LogP contribution in [0.5, 0.6) is 5.75 Å². The number of thiazole rings is 1. The highest BCUT2D eigenvalue weighted by molar-refractivity contribution is 7.09. The molecule has 1 N–H and O–H groups in total. The quantitative estimate of drug-likeness (QED) is 0.247. The average Bonchev–Trinajstić information content (AvgIpc) is 3.59. The fourth-order valence-electron chi connectivity index (χ4n) is 3.21. The SMILES string of the molecule is COc1ccc(CONC(=O)/C=C/c2cn(C(/C=C/c3ccccc3)Cc3nccs3)nn2)cc1. The van der Waals surface area contributed by atoms with Crippen LogP contribution in [-0.2, 0) is 22.7 Å². The second-order valence-electron chi connectivity index (χ2n) is 7.53. The lowest BCUT2D eigenvalue weighted by molar-refractivity contribution is -0.129. The molecule has 0 bridgehead atoms. The zero-order valence-corrected chi connectivity index (χ0v) is 20.0. The molecule has 0 saturated carbocycles. The minimum Gasteiger partial charge on any atom is -0.497 e. The average molecular weight is 488 g/mol. The molecule has 8 nitrogen and oxygen atoms in total. The Balaban J connectivity index is 1.34. The summed E-state index contributed by atoms with van der Waals surface area (Å²) in [5.41, 5.74) is 4.97. The molecule has 9 heteroatoms. The number of hydroxylamine groups is 1. The van der Waals surface area contributed by atoms with E-state index in [1.54, 1.807) is 41.6 Å². The van der Waals surface area contributed by atoms with Crippen molar-refractivity contribution in [1.29, 1.82) is 0 Å². The van der Waals surface area contributed by atoms with Gasteiger partial charge in [0, 0.05) is 24.1 Å². The molecule has 2 aromatic heterocycles. The number of methoxy groups -OCH3 is 1. The summed E-state index contributed by atoms with van der Waals surface area (Å²) < 4.78 is 6.90. The predicted molar refractivity (Wildman–Crippen MR) is 135 cm³/mol. The maximum Gasteiger partial charge on any atom is 0.267 e. The second-order valence-corrected chi connectivity index (χ2v) is 8.51. The Bertz CT molecular complexity index is 1250. The van der Waals surface area contributed by atoms with Gasteiger partial charge in [0.05, 0.1) is 31.0 Å². The van der Waals surface area contributed by atoms with E-state index in [1.165, 1.54) is 6.08 Å². The molecule has 35 heavy (non-hydrogen) atoms. The van der Waals surface area contributed by atoms with E-state index in [2.05, 4.69) is 32.9 Å². The third kappa shape index (κ3) is 7.46. The van der Waals surface area contributed by atoms with Gasteiger partial charge in [0.25, 0.3) is 5.91 Å². The fraction of sp³-hybridized carbons (Fsp3) is 0.154. The van der Waals surface area contributed by atoms with E-state index in [-0.39, 0.29) is 12.6 Å². The lowest BCUT2D eigenvalue weighted by Gasteiger charge is -2.11. The summed E-state index contributed by atoms with van der Waals surface area (Å²) in [6, 6.07) is 17.4. The van der Waals surface area contributed by atoms with E-state index in [4.69, 9.17) is 9.57 Å². The van der Waals surface area contributed by atoms with E-state index >= 15 is 0 Å². The van der Waals surface area contributed by atoms with E-state index in [0.29, 0.717) is 12.1 Å². The van der Waals surface area contributed by atoms with E-state index < -0.39 is 5.91 Å². The van der Waals surface area contributed by atoms with Crippen LogP contribution < -0.4 is 10.2 Å². The molecule has 1 atom stereocenters. The van der Waals surface area contributed by atoms with Gasteiger partial charge in [0.2, 0.25) is 0 Å². The Kier molecular flexibility index (Phi) is 8.52. The Morgan fingerprint density at radius 2 is 1.97 bits per heavy atom. The number of hydrogen-bond acceptors (Lipinski definition) is 7. The topological polar surface area (TPSA) is 91.2 Å². The van der Waals surface area contributed by atoms with Crippen molar-refractivity contribution in [3.05, 3.63) is 106 Å². The molecule has 0 radical (unpaired) electrons. The first-order chi connectivity index (χ1) is 17.2. The van der Waals surface area contributed by atoms with Gasteiger partial charge in [-0.3, -0.25) is 9.63 Å². The van der Waals surface area contributed by atoms with E-state index in [0.717, 1.165) is 21.9 Å². The van der Waals surface area contributed by atoms with Crippen molar-refractivity contribution < 1.29 is 14.4 Å². The van der Waals surface area contributed by atoms with Gasteiger partial charge < -0.3 is 4.74 Å². The summed E-state index contributed by atoms with van der Waals surface area (Å²) in [5, 5.41) is 11.4. The van der Waals surface area contributed by atoms with Crippen LogP contribution in [0.1, 0.15) is 27.9 Å². The highest BCUT2D eigenvalue weighted by Crippen LogP contribution is 2.19. The van der Waals surface area contributed by atoms with Crippen LogP contribution in [0.3, 0.4) is 0 Å². The number of nitrogens with zero attached hydrogens (tertiary/aromatic N) is 4. The number of aromatic nitrogens is 4. The van der Waals surface area contributed by atoms with Gasteiger partial charge >= 0.3 is 0 Å². The van der Waals surface area contributed by atoms with Gasteiger partial charge in [0.1, 0.15) is 11.4 Å². The van der Waals surface area contributed by atoms with Crippen molar-refractivity contribution in [3.8, 4) is 5.75 Å². The van der Waals surface area contributed by atoms with Gasteiger partial charge in [-0.2, -0.15) is 0 Å². The van der Waals surface area contributed by atoms with Gasteiger partial charge in [0.15, 0.2) is 0 Å². The molecule has 4 rings (SSSR count). The van der Waals surface area contributed by atoms with Gasteiger partial charge in [-0.15, -0.1) is 16.4 Å². The standard InChI is InChI=1S/C26H25N5O3S/c1-33-24-12-8-21(9-13-24)19-34-29-25(32)14-10-22-18-31(30-28-22)23(17-26-27-15-16-35-26)11-7-20-5-3-2-4-6-20/h2-16,18,23H,17,19H2,1H3,(H,29,32)/b11-7+,14-10+. The summed E-state index contributed by atoms with van der Waals surface area (Å²) in [7, 11) is 1.61. The molecular formula is C26H25N5O3S. The van der Waals surface area contributed by atoms with Crippen molar-refractivity contribution in [3.63, 3.8) is 0 Å². The van der Waals surface area contributed by atoms with Crippen molar-refractivity contribution in [1.82, 2.24) is 25.5 Å². The summed E-state index contributed by atoms with van der Waals surface area (Å²) in [6.45, 7) is 0.242. The van der Waals surface area contributed by atoms with Gasteiger partial charge in [-0.1, -0.05) is 59.8 Å². The van der Waals surface area contributed by atoms with Crippen LogP contribution in [0.2, 0.25) is 0 Å². The summed E-state index contributed by atoms with van der Waals surface area (Å²) in [6.07, 6.45) is 11.4. The van der Waals surface area contributed by atoms with Gasteiger partial charge in [-0.05, 0) is 29.3 Å². The number of hydrogen-bond donors (Lipinski definition) is 1. The molecule has 1 unspecified atom stereocenters. The van der Waals surface area contributed by atoms with Crippen LogP contribution >= 0.6 is 11.3 Å². The zero-order valence-electron chi connectivity index (χ0n) is 19.2. The first kappa shape index (κ1) is 24.1. The summed E-state index contributed by atoms with van der Waals surface area (Å²) in [5.74, 6) is 0.370. The molecule has 0 saturated heterocycles. The number of amides is 1. The lowest BCUT2D eigenvalue weighted by Crippen LogP contribution is -2.21. The predicted octanol–water partition coefficient (Wildman–Crippen LogP) is 4.50. The summed E-state index contributed by atoms with van der Waals surface area (Å²) in [4.78, 5) is 21.8. The van der Waals surface area contributed by atoms with Crippen molar-refractivity contribution in [2.45, 2.75) is 19.1 Å². The number of rotatable bonds is 11. The highest BCUT2D eigenvalue weighted by atomic mass is 32.1. The normalized spacial score (nSPS) is 12.3. The number of carbonyl (C=O) groups excluding carboxylic acids is 1. The van der Waals surface area contributed by atoms with Crippen LogP contribution in [0.15, 0.2) is 84.5 Å². The molecule has 0 fully saturated rings. The van der Waals surface area contributed by atoms with Crippen molar-refractivity contribution >= 4 is 29.4 Å². The fourth-order valence-corrected chi connectivity index (χ4v) is 3.87. The summed E-state index contributed by atoms with van der Waals surface area (Å²) >= 11 is 1.60.